The maximum absolute atomic E-state index is 12.1. The maximum atomic E-state index is 12.1. The molecule has 8 heteroatoms. The van der Waals surface area contributed by atoms with Crippen LogP contribution in [0.25, 0.3) is 0 Å². The molecule has 0 aliphatic carbocycles. The van der Waals surface area contributed by atoms with E-state index in [0.29, 0.717) is 26.1 Å². The summed E-state index contributed by atoms with van der Waals surface area (Å²) in [6.45, 7) is 1.56. The first-order chi connectivity index (χ1) is 10.1. The van der Waals surface area contributed by atoms with Crippen LogP contribution in [0.4, 0.5) is 4.79 Å². The summed E-state index contributed by atoms with van der Waals surface area (Å²) in [5.74, 6) is -0.0457. The Kier molecular flexibility index (Phi) is 5.15. The Hall–Kier alpha value is -2.09. The van der Waals surface area contributed by atoms with Crippen molar-refractivity contribution in [3.05, 3.63) is 18.2 Å². The van der Waals surface area contributed by atoms with Crippen LogP contribution in [0, 0.1) is 0 Å². The highest BCUT2D eigenvalue weighted by atomic mass is 16.5. The SMILES string of the molecule is Cn1ccnc1CCNC(=O)N1CCOCC1CC(=O)O. The number of morpholine rings is 1. The predicted octanol–water partition coefficient (Wildman–Crippen LogP) is -0.152. The highest BCUT2D eigenvalue weighted by Crippen LogP contribution is 2.10. The number of aromatic nitrogens is 2. The summed E-state index contributed by atoms with van der Waals surface area (Å²) >= 11 is 0. The number of aryl methyl sites for hydroxylation is 1. The molecule has 2 rings (SSSR count). The van der Waals surface area contributed by atoms with E-state index < -0.39 is 12.0 Å². The summed E-state index contributed by atoms with van der Waals surface area (Å²) in [7, 11) is 1.90. The van der Waals surface area contributed by atoms with Gasteiger partial charge in [-0.3, -0.25) is 4.79 Å². The van der Waals surface area contributed by atoms with Gasteiger partial charge in [0.1, 0.15) is 5.82 Å². The van der Waals surface area contributed by atoms with E-state index >= 15 is 0 Å². The summed E-state index contributed by atoms with van der Waals surface area (Å²) < 4.78 is 7.14. The molecule has 1 aromatic heterocycles. The number of nitrogens with zero attached hydrogens (tertiary/aromatic N) is 3. The fourth-order valence-electron chi connectivity index (χ4n) is 2.31. The average Bonchev–Trinajstić information content (AvgIpc) is 2.84. The van der Waals surface area contributed by atoms with Gasteiger partial charge in [0.15, 0.2) is 0 Å². The van der Waals surface area contributed by atoms with Crippen molar-refractivity contribution in [2.75, 3.05) is 26.3 Å². The molecule has 0 bridgehead atoms. The van der Waals surface area contributed by atoms with Crippen LogP contribution >= 0.6 is 0 Å². The summed E-state index contributed by atoms with van der Waals surface area (Å²) in [6.07, 6.45) is 4.08. The topological polar surface area (TPSA) is 96.7 Å². The lowest BCUT2D eigenvalue weighted by Crippen LogP contribution is -2.53. The van der Waals surface area contributed by atoms with Gasteiger partial charge in [0.2, 0.25) is 0 Å². The number of rotatable bonds is 5. The van der Waals surface area contributed by atoms with E-state index in [1.165, 1.54) is 4.90 Å². The number of urea groups is 1. The van der Waals surface area contributed by atoms with Crippen LogP contribution in [-0.2, 0) is 23.0 Å². The van der Waals surface area contributed by atoms with Crippen molar-refractivity contribution in [3.63, 3.8) is 0 Å². The van der Waals surface area contributed by atoms with Crippen LogP contribution < -0.4 is 5.32 Å². The number of ether oxygens (including phenoxy) is 1. The normalized spacial score (nSPS) is 18.5. The maximum Gasteiger partial charge on any atom is 0.317 e. The Morgan fingerprint density at radius 2 is 2.38 bits per heavy atom. The van der Waals surface area contributed by atoms with Crippen molar-refractivity contribution < 1.29 is 19.4 Å². The summed E-state index contributed by atoms with van der Waals surface area (Å²) in [5.41, 5.74) is 0. The van der Waals surface area contributed by atoms with Gasteiger partial charge in [-0.2, -0.15) is 0 Å². The minimum absolute atomic E-state index is 0.104. The van der Waals surface area contributed by atoms with Crippen molar-refractivity contribution >= 4 is 12.0 Å². The quantitative estimate of drug-likeness (QED) is 0.787. The fourth-order valence-corrected chi connectivity index (χ4v) is 2.31. The number of aliphatic carboxylic acids is 1. The lowest BCUT2D eigenvalue weighted by molar-refractivity contribution is -0.139. The van der Waals surface area contributed by atoms with Gasteiger partial charge < -0.3 is 24.6 Å². The van der Waals surface area contributed by atoms with Gasteiger partial charge in [-0.1, -0.05) is 0 Å². The summed E-state index contributed by atoms with van der Waals surface area (Å²) in [5, 5.41) is 11.7. The second kappa shape index (κ2) is 7.07. The first kappa shape index (κ1) is 15.3. The van der Waals surface area contributed by atoms with Crippen molar-refractivity contribution in [1.29, 1.82) is 0 Å². The van der Waals surface area contributed by atoms with Crippen LogP contribution in [0.15, 0.2) is 12.4 Å². The molecule has 2 N–H and O–H groups in total. The van der Waals surface area contributed by atoms with E-state index in [4.69, 9.17) is 9.84 Å². The van der Waals surface area contributed by atoms with Crippen molar-refractivity contribution in [2.45, 2.75) is 18.9 Å². The minimum Gasteiger partial charge on any atom is -0.481 e. The molecule has 0 saturated carbocycles. The van der Waals surface area contributed by atoms with Gasteiger partial charge in [-0.05, 0) is 0 Å². The summed E-state index contributed by atoms with van der Waals surface area (Å²) in [4.78, 5) is 28.7. The van der Waals surface area contributed by atoms with Crippen LogP contribution in [-0.4, -0.2) is 63.9 Å². The number of amides is 2. The first-order valence-corrected chi connectivity index (χ1v) is 6.88. The molecule has 2 heterocycles. The third kappa shape index (κ3) is 4.19. The number of carbonyl (C=O) groups excluding carboxylic acids is 1. The number of carboxylic acid groups (broad SMARTS) is 1. The monoisotopic (exact) mass is 296 g/mol. The van der Waals surface area contributed by atoms with E-state index in [1.807, 2.05) is 17.8 Å². The average molecular weight is 296 g/mol. The van der Waals surface area contributed by atoms with Gasteiger partial charge in [0, 0.05) is 39.0 Å². The number of hydrogen-bond acceptors (Lipinski definition) is 4. The van der Waals surface area contributed by atoms with Crippen LogP contribution in [0.1, 0.15) is 12.2 Å². The van der Waals surface area contributed by atoms with Crippen molar-refractivity contribution in [3.8, 4) is 0 Å². The molecule has 0 radical (unpaired) electrons. The zero-order valence-electron chi connectivity index (χ0n) is 12.0. The second-order valence-electron chi connectivity index (χ2n) is 4.96. The molecule has 1 aliphatic heterocycles. The Morgan fingerprint density at radius 3 is 3.05 bits per heavy atom. The number of imidazole rings is 1. The van der Waals surface area contributed by atoms with Crippen LogP contribution in [0.3, 0.4) is 0 Å². The molecule has 8 nitrogen and oxygen atoms in total. The summed E-state index contributed by atoms with van der Waals surface area (Å²) in [6, 6.07) is -0.664. The molecule has 1 aromatic rings. The van der Waals surface area contributed by atoms with Gasteiger partial charge >= 0.3 is 12.0 Å². The molecule has 1 aliphatic rings. The Labute approximate surface area is 122 Å². The molecule has 1 atom stereocenters. The molecular formula is C13H20N4O4. The van der Waals surface area contributed by atoms with E-state index in [-0.39, 0.29) is 19.1 Å². The van der Waals surface area contributed by atoms with Gasteiger partial charge in [-0.15, -0.1) is 0 Å². The molecule has 0 aromatic carbocycles. The lowest BCUT2D eigenvalue weighted by Gasteiger charge is -2.34. The zero-order valence-corrected chi connectivity index (χ0v) is 12.0. The molecule has 116 valence electrons. The van der Waals surface area contributed by atoms with Gasteiger partial charge in [0.05, 0.1) is 25.7 Å². The molecule has 21 heavy (non-hydrogen) atoms. The number of carboxylic acids is 1. The van der Waals surface area contributed by atoms with Crippen LogP contribution in [0.2, 0.25) is 0 Å². The van der Waals surface area contributed by atoms with E-state index in [2.05, 4.69) is 10.3 Å². The Bertz CT molecular complexity index is 502. The highest BCUT2D eigenvalue weighted by Gasteiger charge is 2.28. The molecule has 0 spiro atoms. The second-order valence-corrected chi connectivity index (χ2v) is 4.96. The van der Waals surface area contributed by atoms with Crippen molar-refractivity contribution in [1.82, 2.24) is 19.8 Å². The van der Waals surface area contributed by atoms with E-state index in [9.17, 15) is 9.59 Å². The Balaban J connectivity index is 1.83. The largest absolute Gasteiger partial charge is 0.481 e. The number of carbonyl (C=O) groups is 2. The third-order valence-corrected chi connectivity index (χ3v) is 3.44. The van der Waals surface area contributed by atoms with Crippen LogP contribution in [0.5, 0.6) is 0 Å². The van der Waals surface area contributed by atoms with E-state index in [1.54, 1.807) is 6.20 Å². The molecule has 1 unspecified atom stereocenters. The fraction of sp³-hybridized carbons (Fsp3) is 0.615. The third-order valence-electron chi connectivity index (χ3n) is 3.44. The molecule has 1 fully saturated rings. The zero-order chi connectivity index (χ0) is 15.2. The van der Waals surface area contributed by atoms with Crippen molar-refractivity contribution in [2.24, 2.45) is 7.05 Å². The number of hydrogen-bond donors (Lipinski definition) is 2. The van der Waals surface area contributed by atoms with Gasteiger partial charge in [0.25, 0.3) is 0 Å². The van der Waals surface area contributed by atoms with E-state index in [0.717, 1.165) is 5.82 Å². The molecular weight excluding hydrogens is 276 g/mol. The Morgan fingerprint density at radius 1 is 1.57 bits per heavy atom. The lowest BCUT2D eigenvalue weighted by atomic mass is 10.1. The smallest absolute Gasteiger partial charge is 0.317 e. The predicted molar refractivity (Wildman–Crippen MR) is 73.9 cm³/mol. The molecule has 1 saturated heterocycles. The van der Waals surface area contributed by atoms with Gasteiger partial charge in [-0.25, -0.2) is 9.78 Å². The standard InChI is InChI=1S/C13H20N4O4/c1-16-5-4-14-11(16)2-3-15-13(20)17-6-7-21-9-10(17)8-12(18)19/h4-5,10H,2-3,6-9H2,1H3,(H,15,20)(H,18,19). The first-order valence-electron chi connectivity index (χ1n) is 6.88. The minimum atomic E-state index is -0.934. The molecule has 2 amide bonds. The highest BCUT2D eigenvalue weighted by molar-refractivity contribution is 5.76. The number of nitrogens with one attached hydrogen (secondary N) is 1.